The van der Waals surface area contributed by atoms with Gasteiger partial charge >= 0.3 is 6.03 Å². The Morgan fingerprint density at radius 2 is 1.57 bits per heavy atom. The summed E-state index contributed by atoms with van der Waals surface area (Å²) in [6.07, 6.45) is 0.513. The van der Waals surface area contributed by atoms with Crippen molar-refractivity contribution < 1.29 is 9.59 Å². The van der Waals surface area contributed by atoms with Gasteiger partial charge in [-0.2, -0.15) is 0 Å². The van der Waals surface area contributed by atoms with Gasteiger partial charge in [0, 0.05) is 0 Å². The molecule has 1 heterocycles. The number of carbonyl (C=O) groups excluding carboxylic acids is 2. The molecule has 1 saturated heterocycles. The van der Waals surface area contributed by atoms with Gasteiger partial charge in [0.1, 0.15) is 5.54 Å². The van der Waals surface area contributed by atoms with Crippen molar-refractivity contribution in [3.05, 3.63) is 70.3 Å². The fourth-order valence-electron chi connectivity index (χ4n) is 3.97. The summed E-state index contributed by atoms with van der Waals surface area (Å²) in [5.74, 6) is -0.176. The van der Waals surface area contributed by atoms with E-state index in [4.69, 9.17) is 0 Å². The minimum atomic E-state index is -0.981. The molecular weight excluding hydrogens is 348 g/mol. The van der Waals surface area contributed by atoms with Gasteiger partial charge in [-0.1, -0.05) is 70.2 Å². The molecule has 3 rings (SSSR count). The first-order chi connectivity index (χ1) is 13.1. The van der Waals surface area contributed by atoms with Crippen LogP contribution in [0.5, 0.6) is 0 Å². The van der Waals surface area contributed by atoms with Gasteiger partial charge in [-0.3, -0.25) is 9.69 Å². The Hall–Kier alpha value is -2.62. The van der Waals surface area contributed by atoms with Crippen LogP contribution in [-0.4, -0.2) is 16.8 Å². The largest absolute Gasteiger partial charge is 0.325 e. The Morgan fingerprint density at radius 3 is 2.07 bits per heavy atom. The van der Waals surface area contributed by atoms with Gasteiger partial charge in [0.05, 0.1) is 6.54 Å². The zero-order valence-corrected chi connectivity index (χ0v) is 17.7. The molecule has 2 aromatic rings. The van der Waals surface area contributed by atoms with Crippen LogP contribution in [0.25, 0.3) is 0 Å². The number of aryl methyl sites for hydroxylation is 2. The standard InChI is InChI=1S/C24H30N2O2/c1-7-24(18-11-9-8-10-12-18)21(27)26(22(28)25-24)15-20-16(2)13-19(14-17(20)3)23(4,5)6/h8-14H,7,15H2,1-6H3,(H,25,28)/t24-/m1/s1. The first-order valence-electron chi connectivity index (χ1n) is 9.90. The predicted octanol–water partition coefficient (Wildman–Crippen LogP) is 4.96. The van der Waals surface area contributed by atoms with Gasteiger partial charge < -0.3 is 5.32 Å². The van der Waals surface area contributed by atoms with Crippen molar-refractivity contribution in [1.29, 1.82) is 0 Å². The molecule has 0 aromatic heterocycles. The summed E-state index contributed by atoms with van der Waals surface area (Å²) < 4.78 is 0. The highest BCUT2D eigenvalue weighted by Crippen LogP contribution is 2.34. The number of nitrogens with one attached hydrogen (secondary N) is 1. The Kier molecular flexibility index (Phi) is 5.09. The first kappa shape index (κ1) is 20.1. The third-order valence-electron chi connectivity index (χ3n) is 5.85. The number of benzene rings is 2. The number of amides is 3. The lowest BCUT2D eigenvalue weighted by molar-refractivity contribution is -0.132. The normalized spacial score (nSPS) is 19.9. The van der Waals surface area contributed by atoms with Crippen LogP contribution in [0.2, 0.25) is 0 Å². The first-order valence-corrected chi connectivity index (χ1v) is 9.90. The van der Waals surface area contributed by atoms with E-state index in [1.165, 1.54) is 10.5 Å². The molecule has 1 aliphatic heterocycles. The van der Waals surface area contributed by atoms with E-state index in [9.17, 15) is 9.59 Å². The smallest absolute Gasteiger partial charge is 0.319 e. The SMILES string of the molecule is CC[C@]1(c2ccccc2)NC(=O)N(Cc2c(C)cc(C(C)(C)C)cc2C)C1=O. The highest BCUT2D eigenvalue weighted by Gasteiger charge is 2.51. The summed E-state index contributed by atoms with van der Waals surface area (Å²) in [6.45, 7) is 12.9. The van der Waals surface area contributed by atoms with E-state index in [1.54, 1.807) is 0 Å². The molecule has 1 atom stereocenters. The van der Waals surface area contributed by atoms with Crippen molar-refractivity contribution in [2.45, 2.75) is 65.5 Å². The molecule has 0 bridgehead atoms. The monoisotopic (exact) mass is 378 g/mol. The van der Waals surface area contributed by atoms with Crippen LogP contribution < -0.4 is 5.32 Å². The van der Waals surface area contributed by atoms with Gasteiger partial charge in [0.25, 0.3) is 5.91 Å². The average Bonchev–Trinajstić information content (AvgIpc) is 2.89. The molecule has 1 fully saturated rings. The number of urea groups is 1. The van der Waals surface area contributed by atoms with Crippen LogP contribution in [0.4, 0.5) is 4.79 Å². The zero-order chi connectivity index (χ0) is 20.7. The second kappa shape index (κ2) is 7.08. The summed E-state index contributed by atoms with van der Waals surface area (Å²) in [5, 5.41) is 2.97. The molecular formula is C24H30N2O2. The quantitative estimate of drug-likeness (QED) is 0.765. The Bertz CT molecular complexity index is 889. The minimum absolute atomic E-state index is 0.0551. The van der Waals surface area contributed by atoms with Gasteiger partial charge in [0.15, 0.2) is 0 Å². The van der Waals surface area contributed by atoms with Crippen LogP contribution in [0.3, 0.4) is 0 Å². The molecule has 0 aliphatic carbocycles. The minimum Gasteiger partial charge on any atom is -0.319 e. The lowest BCUT2D eigenvalue weighted by Gasteiger charge is -2.26. The summed E-state index contributed by atoms with van der Waals surface area (Å²) >= 11 is 0. The van der Waals surface area contributed by atoms with E-state index < -0.39 is 5.54 Å². The maximum atomic E-state index is 13.4. The van der Waals surface area contributed by atoms with E-state index in [0.717, 1.165) is 22.3 Å². The topological polar surface area (TPSA) is 49.4 Å². The lowest BCUT2D eigenvalue weighted by Crippen LogP contribution is -2.43. The number of imide groups is 1. The van der Waals surface area contributed by atoms with Crippen LogP contribution in [0, 0.1) is 13.8 Å². The van der Waals surface area contributed by atoms with Crippen molar-refractivity contribution in [2.75, 3.05) is 0 Å². The van der Waals surface area contributed by atoms with E-state index in [2.05, 4.69) is 52.1 Å². The molecule has 148 valence electrons. The molecule has 4 nitrogen and oxygen atoms in total. The maximum Gasteiger partial charge on any atom is 0.325 e. The average molecular weight is 379 g/mol. The van der Waals surface area contributed by atoms with Crippen LogP contribution >= 0.6 is 0 Å². The van der Waals surface area contributed by atoms with Crippen molar-refractivity contribution >= 4 is 11.9 Å². The van der Waals surface area contributed by atoms with E-state index in [0.29, 0.717) is 13.0 Å². The second-order valence-electron chi connectivity index (χ2n) is 8.78. The van der Waals surface area contributed by atoms with Gasteiger partial charge in [-0.05, 0) is 53.5 Å². The van der Waals surface area contributed by atoms with Crippen LogP contribution in [0.15, 0.2) is 42.5 Å². The van der Waals surface area contributed by atoms with Crippen molar-refractivity contribution in [2.24, 2.45) is 0 Å². The Morgan fingerprint density at radius 1 is 1.00 bits per heavy atom. The fraction of sp³-hybridized carbons (Fsp3) is 0.417. The van der Waals surface area contributed by atoms with E-state index in [-0.39, 0.29) is 17.4 Å². The van der Waals surface area contributed by atoms with Crippen molar-refractivity contribution in [1.82, 2.24) is 10.2 Å². The predicted molar refractivity (Wildman–Crippen MR) is 112 cm³/mol. The maximum absolute atomic E-state index is 13.4. The number of nitrogens with zero attached hydrogens (tertiary/aromatic N) is 1. The molecule has 0 saturated carbocycles. The second-order valence-corrected chi connectivity index (χ2v) is 8.78. The Labute approximate surface area is 167 Å². The molecule has 28 heavy (non-hydrogen) atoms. The highest BCUT2D eigenvalue weighted by atomic mass is 16.2. The summed E-state index contributed by atoms with van der Waals surface area (Å²) in [5.41, 5.74) is 4.42. The van der Waals surface area contributed by atoms with Crippen molar-refractivity contribution in [3.8, 4) is 0 Å². The van der Waals surface area contributed by atoms with E-state index in [1.807, 2.05) is 37.3 Å². The van der Waals surface area contributed by atoms with Gasteiger partial charge in [-0.15, -0.1) is 0 Å². The number of carbonyl (C=O) groups is 2. The number of hydrogen-bond donors (Lipinski definition) is 1. The zero-order valence-electron chi connectivity index (χ0n) is 17.7. The van der Waals surface area contributed by atoms with Gasteiger partial charge in [-0.25, -0.2) is 4.79 Å². The number of rotatable bonds is 4. The molecule has 3 amide bonds. The molecule has 0 unspecified atom stereocenters. The third kappa shape index (κ3) is 3.32. The lowest BCUT2D eigenvalue weighted by atomic mass is 9.83. The molecule has 4 heteroatoms. The molecule has 1 N–H and O–H groups in total. The van der Waals surface area contributed by atoms with Crippen LogP contribution in [-0.2, 0) is 22.3 Å². The van der Waals surface area contributed by atoms with E-state index >= 15 is 0 Å². The molecule has 1 aliphatic rings. The number of hydrogen-bond acceptors (Lipinski definition) is 2. The molecule has 0 radical (unpaired) electrons. The summed E-state index contributed by atoms with van der Waals surface area (Å²) in [7, 11) is 0. The van der Waals surface area contributed by atoms with Crippen molar-refractivity contribution in [3.63, 3.8) is 0 Å². The highest BCUT2D eigenvalue weighted by molar-refractivity contribution is 6.07. The molecule has 2 aromatic carbocycles. The third-order valence-corrected chi connectivity index (χ3v) is 5.85. The fourth-order valence-corrected chi connectivity index (χ4v) is 3.97. The molecule has 0 spiro atoms. The summed E-state index contributed by atoms with van der Waals surface area (Å²) in [4.78, 5) is 27.5. The summed E-state index contributed by atoms with van der Waals surface area (Å²) in [6, 6.07) is 13.5. The van der Waals surface area contributed by atoms with Gasteiger partial charge in [0.2, 0.25) is 0 Å². The van der Waals surface area contributed by atoms with Crippen LogP contribution in [0.1, 0.15) is 61.9 Å². The Balaban J connectivity index is 1.96.